The van der Waals surface area contributed by atoms with Gasteiger partial charge in [-0.1, -0.05) is 17.7 Å². The van der Waals surface area contributed by atoms with Crippen LogP contribution in [0.25, 0.3) is 0 Å². The van der Waals surface area contributed by atoms with Gasteiger partial charge in [-0.15, -0.1) is 0 Å². The lowest BCUT2D eigenvalue weighted by molar-refractivity contribution is -0.217. The smallest absolute Gasteiger partial charge is 0.330 e. The van der Waals surface area contributed by atoms with Gasteiger partial charge in [-0.25, -0.2) is 4.99 Å². The number of hydrogen-bond acceptors (Lipinski definition) is 3. The van der Waals surface area contributed by atoms with Crippen LogP contribution in [0.4, 0.5) is 13.2 Å². The van der Waals surface area contributed by atoms with Crippen molar-refractivity contribution in [3.63, 3.8) is 0 Å². The van der Waals surface area contributed by atoms with Crippen molar-refractivity contribution in [3.8, 4) is 0 Å². The van der Waals surface area contributed by atoms with E-state index in [1.54, 1.807) is 30.5 Å². The average molecular weight is 432 g/mol. The summed E-state index contributed by atoms with van der Waals surface area (Å²) in [5.74, 6) is -0.870. The van der Waals surface area contributed by atoms with Crippen LogP contribution in [0.5, 0.6) is 0 Å². The molecule has 5 nitrogen and oxygen atoms in total. The molecule has 1 aromatic carbocycles. The molecule has 0 N–H and O–H groups in total. The summed E-state index contributed by atoms with van der Waals surface area (Å²) in [6, 6.07) is 6.54. The molecule has 1 saturated heterocycles. The number of likely N-dealkylation sites (N-methyl/N-ethyl adjacent to an activating group) is 1. The van der Waals surface area contributed by atoms with E-state index in [9.17, 15) is 22.8 Å². The molecule has 2 rings (SSSR count). The van der Waals surface area contributed by atoms with Crippen molar-refractivity contribution in [2.45, 2.75) is 38.4 Å². The Morgan fingerprint density at radius 2 is 1.90 bits per heavy atom. The molecule has 0 aromatic heterocycles. The number of benzene rings is 1. The zero-order chi connectivity index (χ0) is 21.8. The van der Waals surface area contributed by atoms with Crippen LogP contribution in [0.2, 0.25) is 5.02 Å². The highest BCUT2D eigenvalue weighted by molar-refractivity contribution is 6.31. The molecule has 1 fully saturated rings. The number of carbonyl (C=O) groups excluding carboxylic acids is 2. The van der Waals surface area contributed by atoms with Gasteiger partial charge in [0.05, 0.1) is 6.54 Å². The first-order valence-corrected chi connectivity index (χ1v) is 9.69. The number of aliphatic imine (C=N–C) groups is 1. The molecule has 1 heterocycles. The molecule has 1 aliphatic heterocycles. The lowest BCUT2D eigenvalue weighted by atomic mass is 9.98. The SMILES string of the molecule is CN(C(=O)CN1CCC(C=NC(=O)c2cccc(Cl)c2)CC1)C(C)(C)C(F)(F)F. The second-order valence-corrected chi connectivity index (χ2v) is 8.15. The molecular weight excluding hydrogens is 407 g/mol. The van der Waals surface area contributed by atoms with E-state index in [1.807, 2.05) is 4.90 Å². The summed E-state index contributed by atoms with van der Waals surface area (Å²) < 4.78 is 39.3. The first-order chi connectivity index (χ1) is 13.4. The molecule has 1 aliphatic rings. The minimum Gasteiger partial charge on any atom is -0.330 e. The largest absolute Gasteiger partial charge is 0.411 e. The monoisotopic (exact) mass is 431 g/mol. The number of carbonyl (C=O) groups is 2. The van der Waals surface area contributed by atoms with Crippen molar-refractivity contribution in [3.05, 3.63) is 34.9 Å². The number of likely N-dealkylation sites (tertiary alicyclic amines) is 1. The Balaban J connectivity index is 1.84. The van der Waals surface area contributed by atoms with Gasteiger partial charge < -0.3 is 4.90 Å². The van der Waals surface area contributed by atoms with E-state index < -0.39 is 17.6 Å². The summed E-state index contributed by atoms with van der Waals surface area (Å²) in [6.45, 7) is 3.01. The molecule has 0 spiro atoms. The Kier molecular flexibility index (Phi) is 7.45. The number of rotatable bonds is 5. The Bertz CT molecular complexity index is 772. The first-order valence-electron chi connectivity index (χ1n) is 9.31. The number of piperidine rings is 1. The topological polar surface area (TPSA) is 53.0 Å². The first kappa shape index (κ1) is 23.3. The maximum absolute atomic E-state index is 13.1. The minimum absolute atomic E-state index is 0.0681. The number of alkyl halides is 3. The van der Waals surface area contributed by atoms with Gasteiger partial charge in [-0.2, -0.15) is 13.2 Å². The van der Waals surface area contributed by atoms with Crippen LogP contribution >= 0.6 is 11.6 Å². The molecule has 1 aromatic rings. The quantitative estimate of drug-likeness (QED) is 0.660. The standard InChI is InChI=1S/C20H25ClF3N3O2/c1-19(2,20(22,23)24)26(3)17(28)13-27-9-7-14(8-10-27)12-25-18(29)15-5-4-6-16(21)11-15/h4-6,11-12,14H,7-10,13H2,1-3H3. The highest BCUT2D eigenvalue weighted by atomic mass is 35.5. The Labute approximate surface area is 173 Å². The van der Waals surface area contributed by atoms with Crippen molar-refractivity contribution < 1.29 is 22.8 Å². The van der Waals surface area contributed by atoms with Gasteiger partial charge in [0.2, 0.25) is 5.91 Å². The van der Waals surface area contributed by atoms with E-state index in [0.29, 0.717) is 36.5 Å². The molecule has 2 amide bonds. The van der Waals surface area contributed by atoms with Crippen molar-refractivity contribution in [1.82, 2.24) is 9.80 Å². The zero-order valence-corrected chi connectivity index (χ0v) is 17.4. The highest BCUT2D eigenvalue weighted by Gasteiger charge is 2.51. The van der Waals surface area contributed by atoms with Crippen LogP contribution < -0.4 is 0 Å². The van der Waals surface area contributed by atoms with Gasteiger partial charge >= 0.3 is 6.18 Å². The van der Waals surface area contributed by atoms with Crippen LogP contribution in [0.15, 0.2) is 29.3 Å². The van der Waals surface area contributed by atoms with E-state index in [4.69, 9.17) is 11.6 Å². The summed E-state index contributed by atoms with van der Waals surface area (Å²) in [5, 5.41) is 0.461. The van der Waals surface area contributed by atoms with Crippen LogP contribution in [0.1, 0.15) is 37.0 Å². The van der Waals surface area contributed by atoms with Crippen molar-refractivity contribution >= 4 is 29.6 Å². The highest BCUT2D eigenvalue weighted by Crippen LogP contribution is 2.34. The molecule has 0 bridgehead atoms. The lowest BCUT2D eigenvalue weighted by Crippen LogP contribution is -2.57. The van der Waals surface area contributed by atoms with Crippen molar-refractivity contribution in [2.24, 2.45) is 10.9 Å². The summed E-state index contributed by atoms with van der Waals surface area (Å²) in [5.41, 5.74) is -1.82. The fourth-order valence-corrected chi connectivity index (χ4v) is 3.12. The second-order valence-electron chi connectivity index (χ2n) is 7.72. The maximum Gasteiger partial charge on any atom is 0.411 e. The van der Waals surface area contributed by atoms with E-state index in [1.165, 1.54) is 7.05 Å². The predicted molar refractivity (Wildman–Crippen MR) is 106 cm³/mol. The number of amides is 2. The van der Waals surface area contributed by atoms with E-state index in [-0.39, 0.29) is 18.4 Å². The average Bonchev–Trinajstić information content (AvgIpc) is 2.65. The normalized spacial score (nSPS) is 16.9. The van der Waals surface area contributed by atoms with Crippen molar-refractivity contribution in [1.29, 1.82) is 0 Å². The van der Waals surface area contributed by atoms with Gasteiger partial charge in [0.15, 0.2) is 0 Å². The number of hydrogen-bond donors (Lipinski definition) is 0. The predicted octanol–water partition coefficient (Wildman–Crippen LogP) is 4.06. The minimum atomic E-state index is -4.50. The van der Waals surface area contributed by atoms with Gasteiger partial charge in [0.25, 0.3) is 5.91 Å². The Hall–Kier alpha value is -1.93. The Morgan fingerprint density at radius 1 is 1.28 bits per heavy atom. The molecule has 9 heteroatoms. The molecular formula is C20H25ClF3N3O2. The van der Waals surface area contributed by atoms with Gasteiger partial charge in [0, 0.05) is 23.8 Å². The van der Waals surface area contributed by atoms with Crippen LogP contribution in [0.3, 0.4) is 0 Å². The number of nitrogens with zero attached hydrogens (tertiary/aromatic N) is 3. The van der Waals surface area contributed by atoms with Gasteiger partial charge in [-0.05, 0) is 63.9 Å². The summed E-state index contributed by atoms with van der Waals surface area (Å²) in [6.07, 6.45) is -1.55. The molecule has 0 aliphatic carbocycles. The van der Waals surface area contributed by atoms with E-state index >= 15 is 0 Å². The maximum atomic E-state index is 13.1. The van der Waals surface area contributed by atoms with Gasteiger partial charge in [0.1, 0.15) is 5.54 Å². The third-order valence-corrected chi connectivity index (χ3v) is 5.61. The molecule has 0 radical (unpaired) electrons. The molecule has 160 valence electrons. The molecule has 0 saturated carbocycles. The summed E-state index contributed by atoms with van der Waals surface area (Å²) in [7, 11) is 1.18. The number of halogens is 4. The third-order valence-electron chi connectivity index (χ3n) is 5.37. The third kappa shape index (κ3) is 6.02. The van der Waals surface area contributed by atoms with Crippen LogP contribution in [-0.2, 0) is 4.79 Å². The Morgan fingerprint density at radius 3 is 2.45 bits per heavy atom. The second kappa shape index (κ2) is 9.26. The van der Waals surface area contributed by atoms with Crippen LogP contribution in [-0.4, -0.2) is 66.2 Å². The molecule has 29 heavy (non-hydrogen) atoms. The van der Waals surface area contributed by atoms with E-state index in [0.717, 1.165) is 18.7 Å². The van der Waals surface area contributed by atoms with Gasteiger partial charge in [-0.3, -0.25) is 14.5 Å². The lowest BCUT2D eigenvalue weighted by Gasteiger charge is -2.39. The summed E-state index contributed by atoms with van der Waals surface area (Å²) in [4.78, 5) is 31.0. The van der Waals surface area contributed by atoms with E-state index in [2.05, 4.69) is 4.99 Å². The fourth-order valence-electron chi connectivity index (χ4n) is 2.93. The van der Waals surface area contributed by atoms with Crippen LogP contribution in [0, 0.1) is 5.92 Å². The summed E-state index contributed by atoms with van der Waals surface area (Å²) >= 11 is 5.87. The zero-order valence-electron chi connectivity index (χ0n) is 16.7. The van der Waals surface area contributed by atoms with Crippen molar-refractivity contribution in [2.75, 3.05) is 26.7 Å². The molecule has 0 atom stereocenters. The molecule has 0 unspecified atom stereocenters. The fraction of sp³-hybridized carbons (Fsp3) is 0.550.